The van der Waals surface area contributed by atoms with Crippen LogP contribution in [-0.4, -0.2) is 23.2 Å². The lowest BCUT2D eigenvalue weighted by Gasteiger charge is -1.95. The molecule has 1 aromatic rings. The molecule has 0 bridgehead atoms. The molecular formula is C10H10N2O3. The number of carboxylic acids is 1. The van der Waals surface area contributed by atoms with Gasteiger partial charge in [-0.2, -0.15) is 5.10 Å². The molecule has 0 radical (unpaired) electrons. The number of carbonyl (C=O) groups excluding carboxylic acids is 1. The Bertz CT molecular complexity index is 396. The van der Waals surface area contributed by atoms with Gasteiger partial charge >= 0.3 is 5.97 Å². The second kappa shape index (κ2) is 4.90. The van der Waals surface area contributed by atoms with E-state index in [-0.39, 0.29) is 11.5 Å². The molecule has 78 valence electrons. The number of carbonyl (C=O) groups is 2. The number of hydrogen-bond donors (Lipinski definition) is 2. The predicted octanol–water partition coefficient (Wildman–Crippen LogP) is 0.855. The number of hydrogen-bond acceptors (Lipinski definition) is 3. The van der Waals surface area contributed by atoms with Gasteiger partial charge in [0.05, 0.1) is 11.8 Å². The quantitative estimate of drug-likeness (QED) is 0.568. The molecule has 0 aliphatic carbocycles. The van der Waals surface area contributed by atoms with Gasteiger partial charge in [0.15, 0.2) is 0 Å². The molecular weight excluding hydrogens is 196 g/mol. The average Bonchev–Trinajstić information content (AvgIpc) is 2.18. The van der Waals surface area contributed by atoms with Crippen molar-refractivity contribution in [1.82, 2.24) is 5.43 Å². The normalized spacial score (nSPS) is 10.2. The first-order valence-corrected chi connectivity index (χ1v) is 4.22. The number of aromatic carboxylic acids is 1. The van der Waals surface area contributed by atoms with Gasteiger partial charge in [-0.05, 0) is 17.7 Å². The van der Waals surface area contributed by atoms with Crippen LogP contribution in [0.3, 0.4) is 0 Å². The summed E-state index contributed by atoms with van der Waals surface area (Å²) in [7, 11) is 0. The van der Waals surface area contributed by atoms with Crippen molar-refractivity contribution in [2.45, 2.75) is 6.92 Å². The van der Waals surface area contributed by atoms with E-state index in [0.29, 0.717) is 5.56 Å². The van der Waals surface area contributed by atoms with Crippen LogP contribution in [0.15, 0.2) is 29.4 Å². The largest absolute Gasteiger partial charge is 0.478 e. The predicted molar refractivity (Wildman–Crippen MR) is 54.8 cm³/mol. The molecule has 1 amide bonds. The number of carboxylic acid groups (broad SMARTS) is 1. The zero-order chi connectivity index (χ0) is 11.3. The van der Waals surface area contributed by atoms with Gasteiger partial charge in [0.2, 0.25) is 5.91 Å². The molecule has 0 saturated heterocycles. The van der Waals surface area contributed by atoms with Crippen LogP contribution in [0.2, 0.25) is 0 Å². The summed E-state index contributed by atoms with van der Waals surface area (Å²) < 4.78 is 0. The molecule has 0 heterocycles. The average molecular weight is 206 g/mol. The Kier molecular flexibility index (Phi) is 3.56. The van der Waals surface area contributed by atoms with Gasteiger partial charge in [0.25, 0.3) is 0 Å². The smallest absolute Gasteiger partial charge is 0.335 e. The fourth-order valence-electron chi connectivity index (χ4n) is 0.909. The lowest BCUT2D eigenvalue weighted by Crippen LogP contribution is -2.12. The summed E-state index contributed by atoms with van der Waals surface area (Å²) in [4.78, 5) is 21.0. The van der Waals surface area contributed by atoms with E-state index in [4.69, 9.17) is 5.11 Å². The fraction of sp³-hybridized carbons (Fsp3) is 0.100. The number of nitrogens with one attached hydrogen (secondary N) is 1. The summed E-state index contributed by atoms with van der Waals surface area (Å²) in [5.41, 5.74) is 3.18. The van der Waals surface area contributed by atoms with Crippen LogP contribution < -0.4 is 5.43 Å². The minimum atomic E-state index is -0.972. The zero-order valence-electron chi connectivity index (χ0n) is 8.10. The summed E-state index contributed by atoms with van der Waals surface area (Å²) in [5, 5.41) is 12.3. The van der Waals surface area contributed by atoms with Crippen LogP contribution in [0.4, 0.5) is 0 Å². The molecule has 0 aromatic heterocycles. The lowest BCUT2D eigenvalue weighted by molar-refractivity contribution is -0.118. The lowest BCUT2D eigenvalue weighted by atomic mass is 10.1. The van der Waals surface area contributed by atoms with Crippen LogP contribution in [0.5, 0.6) is 0 Å². The summed E-state index contributed by atoms with van der Waals surface area (Å²) >= 11 is 0. The van der Waals surface area contributed by atoms with E-state index in [2.05, 4.69) is 10.5 Å². The number of benzene rings is 1. The third-order valence-electron chi connectivity index (χ3n) is 1.59. The molecule has 1 rings (SSSR count). The minimum absolute atomic E-state index is 0.215. The third kappa shape index (κ3) is 3.60. The molecule has 15 heavy (non-hydrogen) atoms. The Morgan fingerprint density at radius 2 is 1.93 bits per heavy atom. The fourth-order valence-corrected chi connectivity index (χ4v) is 0.909. The van der Waals surface area contributed by atoms with Crippen LogP contribution in [0, 0.1) is 0 Å². The zero-order valence-corrected chi connectivity index (χ0v) is 8.10. The first-order valence-electron chi connectivity index (χ1n) is 4.22. The number of rotatable bonds is 3. The maximum Gasteiger partial charge on any atom is 0.335 e. The molecule has 0 aliphatic heterocycles. The second-order valence-electron chi connectivity index (χ2n) is 2.85. The molecule has 1 aromatic carbocycles. The van der Waals surface area contributed by atoms with Crippen LogP contribution >= 0.6 is 0 Å². The third-order valence-corrected chi connectivity index (χ3v) is 1.59. The maximum atomic E-state index is 10.5. The molecule has 0 saturated carbocycles. The Balaban J connectivity index is 2.68. The second-order valence-corrected chi connectivity index (χ2v) is 2.85. The van der Waals surface area contributed by atoms with Crippen molar-refractivity contribution in [2.24, 2.45) is 5.10 Å². The van der Waals surface area contributed by atoms with Gasteiger partial charge < -0.3 is 5.11 Å². The van der Waals surface area contributed by atoms with Crippen molar-refractivity contribution in [3.05, 3.63) is 35.4 Å². The number of amides is 1. The standard InChI is InChI=1S/C10H10N2O3/c1-7(13)12-11-6-8-2-4-9(5-3-8)10(14)15/h2-6H,1H3,(H,12,13)(H,14,15)/b11-6-. The first-order chi connectivity index (χ1) is 7.09. The van der Waals surface area contributed by atoms with Gasteiger partial charge in [-0.3, -0.25) is 4.79 Å². The Morgan fingerprint density at radius 1 is 1.33 bits per heavy atom. The maximum absolute atomic E-state index is 10.5. The van der Waals surface area contributed by atoms with Crippen LogP contribution in [0.1, 0.15) is 22.8 Å². The Hall–Kier alpha value is -2.17. The molecule has 0 atom stereocenters. The van der Waals surface area contributed by atoms with E-state index in [1.807, 2.05) is 0 Å². The first kappa shape index (κ1) is 10.9. The summed E-state index contributed by atoms with van der Waals surface area (Å²) in [6.45, 7) is 1.35. The van der Waals surface area contributed by atoms with Crippen LogP contribution in [-0.2, 0) is 4.79 Å². The SMILES string of the molecule is CC(=O)N/N=C\c1ccc(C(=O)O)cc1. The van der Waals surface area contributed by atoms with Gasteiger partial charge in [0, 0.05) is 6.92 Å². The Morgan fingerprint density at radius 3 is 2.40 bits per heavy atom. The van der Waals surface area contributed by atoms with Crippen molar-refractivity contribution in [3.63, 3.8) is 0 Å². The van der Waals surface area contributed by atoms with Gasteiger partial charge in [0.1, 0.15) is 0 Å². The molecule has 0 fully saturated rings. The highest BCUT2D eigenvalue weighted by molar-refractivity contribution is 5.89. The minimum Gasteiger partial charge on any atom is -0.478 e. The van der Waals surface area contributed by atoms with Gasteiger partial charge in [-0.1, -0.05) is 12.1 Å². The van der Waals surface area contributed by atoms with Crippen molar-refractivity contribution < 1.29 is 14.7 Å². The van der Waals surface area contributed by atoms with E-state index in [1.54, 1.807) is 12.1 Å². The Labute approximate surface area is 86.4 Å². The van der Waals surface area contributed by atoms with Gasteiger partial charge in [-0.15, -0.1) is 0 Å². The topological polar surface area (TPSA) is 78.8 Å². The molecule has 0 unspecified atom stereocenters. The summed E-state index contributed by atoms with van der Waals surface area (Å²) in [6.07, 6.45) is 1.44. The highest BCUT2D eigenvalue weighted by Gasteiger charge is 1.99. The van der Waals surface area contributed by atoms with E-state index in [0.717, 1.165) is 0 Å². The van der Waals surface area contributed by atoms with Crippen molar-refractivity contribution in [2.75, 3.05) is 0 Å². The molecule has 2 N–H and O–H groups in total. The van der Waals surface area contributed by atoms with Crippen LogP contribution in [0.25, 0.3) is 0 Å². The van der Waals surface area contributed by atoms with Crippen molar-refractivity contribution >= 4 is 18.1 Å². The van der Waals surface area contributed by atoms with E-state index in [9.17, 15) is 9.59 Å². The van der Waals surface area contributed by atoms with Gasteiger partial charge in [-0.25, -0.2) is 10.2 Å². The monoisotopic (exact) mass is 206 g/mol. The summed E-state index contributed by atoms with van der Waals surface area (Å²) in [5.74, 6) is -1.23. The highest BCUT2D eigenvalue weighted by Crippen LogP contribution is 2.01. The molecule has 0 spiro atoms. The van der Waals surface area contributed by atoms with E-state index >= 15 is 0 Å². The molecule has 5 heteroatoms. The highest BCUT2D eigenvalue weighted by atomic mass is 16.4. The molecule has 5 nitrogen and oxygen atoms in total. The molecule has 0 aliphatic rings. The van der Waals surface area contributed by atoms with Crippen molar-refractivity contribution in [3.8, 4) is 0 Å². The van der Waals surface area contributed by atoms with E-state index in [1.165, 1.54) is 25.3 Å². The number of hydrazone groups is 1. The summed E-state index contributed by atoms with van der Waals surface area (Å²) in [6, 6.07) is 6.15. The van der Waals surface area contributed by atoms with E-state index < -0.39 is 5.97 Å². The number of nitrogens with zero attached hydrogens (tertiary/aromatic N) is 1. The van der Waals surface area contributed by atoms with Crippen molar-refractivity contribution in [1.29, 1.82) is 0 Å².